The van der Waals surface area contributed by atoms with Crippen LogP contribution < -0.4 is 0 Å². The first-order chi connectivity index (χ1) is 10.1. The van der Waals surface area contributed by atoms with Crippen molar-refractivity contribution in [1.82, 2.24) is 4.31 Å². The number of nitrogens with zero attached hydrogens (tertiary/aromatic N) is 1. The van der Waals surface area contributed by atoms with E-state index in [0.717, 1.165) is 18.9 Å². The minimum absolute atomic E-state index is 0.0390. The van der Waals surface area contributed by atoms with Crippen LogP contribution in [0.25, 0.3) is 0 Å². The molecule has 0 aliphatic carbocycles. The van der Waals surface area contributed by atoms with E-state index in [9.17, 15) is 12.8 Å². The summed E-state index contributed by atoms with van der Waals surface area (Å²) in [6, 6.07) is 9.34. The Morgan fingerprint density at radius 1 is 1.14 bits per heavy atom. The van der Waals surface area contributed by atoms with Gasteiger partial charge in [-0.15, -0.1) is 11.3 Å². The highest BCUT2D eigenvalue weighted by atomic mass is 32.2. The molecule has 6 heteroatoms. The van der Waals surface area contributed by atoms with E-state index in [4.69, 9.17) is 0 Å². The fourth-order valence-corrected chi connectivity index (χ4v) is 5.08. The van der Waals surface area contributed by atoms with E-state index in [1.165, 1.54) is 27.4 Å². The summed E-state index contributed by atoms with van der Waals surface area (Å²) in [5, 5.41) is 2.05. The molecule has 1 saturated heterocycles. The first kappa shape index (κ1) is 14.7. The molecule has 0 unspecified atom stereocenters. The number of piperidine rings is 1. The fourth-order valence-electron chi connectivity index (χ4n) is 2.68. The van der Waals surface area contributed by atoms with E-state index in [-0.39, 0.29) is 4.90 Å². The molecule has 0 saturated carbocycles. The second kappa shape index (κ2) is 5.87. The third-order valence-corrected chi connectivity index (χ3v) is 6.76. The van der Waals surface area contributed by atoms with Gasteiger partial charge in [-0.2, -0.15) is 4.31 Å². The Bertz CT molecular complexity index is 705. The molecular formula is C15H16FNO2S2. The number of hydrogen-bond donors (Lipinski definition) is 0. The van der Waals surface area contributed by atoms with E-state index in [2.05, 4.69) is 6.07 Å². The minimum atomic E-state index is -3.58. The van der Waals surface area contributed by atoms with Crippen LogP contribution in [0.2, 0.25) is 0 Å². The van der Waals surface area contributed by atoms with Gasteiger partial charge >= 0.3 is 0 Å². The molecule has 21 heavy (non-hydrogen) atoms. The van der Waals surface area contributed by atoms with E-state index >= 15 is 0 Å². The van der Waals surface area contributed by atoms with Crippen LogP contribution in [0.1, 0.15) is 23.6 Å². The Kier molecular flexibility index (Phi) is 4.10. The Labute approximate surface area is 128 Å². The van der Waals surface area contributed by atoms with E-state index in [1.54, 1.807) is 11.3 Å². The molecule has 1 fully saturated rings. The molecule has 3 rings (SSSR count). The van der Waals surface area contributed by atoms with E-state index in [0.29, 0.717) is 19.0 Å². The number of sulfonamides is 1. The van der Waals surface area contributed by atoms with Crippen molar-refractivity contribution in [2.24, 2.45) is 0 Å². The molecule has 3 nitrogen and oxygen atoms in total. The summed E-state index contributed by atoms with van der Waals surface area (Å²) < 4.78 is 39.7. The first-order valence-corrected chi connectivity index (χ1v) is 9.18. The Morgan fingerprint density at radius 2 is 1.90 bits per heavy atom. The van der Waals surface area contributed by atoms with Crippen molar-refractivity contribution in [3.8, 4) is 0 Å². The average Bonchev–Trinajstić information content (AvgIpc) is 3.02. The number of rotatable bonds is 3. The topological polar surface area (TPSA) is 37.4 Å². The SMILES string of the molecule is O=S(=O)(c1cccc(F)c1)N1CCC(c2cccs2)CC1. The molecule has 0 atom stereocenters. The number of hydrogen-bond acceptors (Lipinski definition) is 3. The van der Waals surface area contributed by atoms with Crippen molar-refractivity contribution in [2.75, 3.05) is 13.1 Å². The van der Waals surface area contributed by atoms with E-state index < -0.39 is 15.8 Å². The lowest BCUT2D eigenvalue weighted by molar-refractivity contribution is 0.321. The highest BCUT2D eigenvalue weighted by Gasteiger charge is 2.30. The van der Waals surface area contributed by atoms with Crippen LogP contribution in [0.4, 0.5) is 4.39 Å². The van der Waals surface area contributed by atoms with Crippen molar-refractivity contribution in [3.63, 3.8) is 0 Å². The zero-order valence-corrected chi connectivity index (χ0v) is 13.0. The quantitative estimate of drug-likeness (QED) is 0.867. The van der Waals surface area contributed by atoms with Gasteiger partial charge in [0.2, 0.25) is 10.0 Å². The predicted octanol–water partition coefficient (Wildman–Crippen LogP) is 3.46. The second-order valence-electron chi connectivity index (χ2n) is 5.15. The maximum Gasteiger partial charge on any atom is 0.243 e. The smallest absolute Gasteiger partial charge is 0.207 e. The van der Waals surface area contributed by atoms with Crippen molar-refractivity contribution < 1.29 is 12.8 Å². The fraction of sp³-hybridized carbons (Fsp3) is 0.333. The van der Waals surface area contributed by atoms with Crippen LogP contribution in [0, 0.1) is 5.82 Å². The average molecular weight is 325 g/mol. The lowest BCUT2D eigenvalue weighted by Crippen LogP contribution is -2.37. The summed E-state index contributed by atoms with van der Waals surface area (Å²) in [6.07, 6.45) is 1.63. The van der Waals surface area contributed by atoms with Crippen LogP contribution in [-0.4, -0.2) is 25.8 Å². The Balaban J connectivity index is 1.74. The number of halogens is 1. The largest absolute Gasteiger partial charge is 0.243 e. The molecule has 1 aromatic carbocycles. The van der Waals surface area contributed by atoms with Gasteiger partial charge in [-0.05, 0) is 48.4 Å². The van der Waals surface area contributed by atoms with Gasteiger partial charge in [-0.25, -0.2) is 12.8 Å². The molecule has 0 amide bonds. The van der Waals surface area contributed by atoms with Gasteiger partial charge in [0.05, 0.1) is 4.90 Å². The molecule has 0 N–H and O–H groups in total. The van der Waals surface area contributed by atoms with Gasteiger partial charge in [0, 0.05) is 18.0 Å². The summed E-state index contributed by atoms with van der Waals surface area (Å²) in [7, 11) is -3.58. The van der Waals surface area contributed by atoms with Gasteiger partial charge in [-0.1, -0.05) is 12.1 Å². The van der Waals surface area contributed by atoms with Crippen molar-refractivity contribution in [2.45, 2.75) is 23.7 Å². The third-order valence-electron chi connectivity index (χ3n) is 3.83. The molecule has 0 bridgehead atoms. The van der Waals surface area contributed by atoms with Crippen LogP contribution in [0.5, 0.6) is 0 Å². The Hall–Kier alpha value is -1.24. The van der Waals surface area contributed by atoms with Gasteiger partial charge in [0.1, 0.15) is 5.82 Å². The van der Waals surface area contributed by atoms with Gasteiger partial charge in [0.15, 0.2) is 0 Å². The van der Waals surface area contributed by atoms with Crippen LogP contribution in [0.15, 0.2) is 46.7 Å². The molecule has 1 aromatic heterocycles. The van der Waals surface area contributed by atoms with E-state index in [1.807, 2.05) is 11.4 Å². The summed E-state index contributed by atoms with van der Waals surface area (Å²) in [6.45, 7) is 0.975. The molecular weight excluding hydrogens is 309 g/mol. The van der Waals surface area contributed by atoms with Crippen LogP contribution in [-0.2, 0) is 10.0 Å². The highest BCUT2D eigenvalue weighted by molar-refractivity contribution is 7.89. The van der Waals surface area contributed by atoms with Gasteiger partial charge in [-0.3, -0.25) is 0 Å². The predicted molar refractivity (Wildman–Crippen MR) is 81.5 cm³/mol. The molecule has 1 aliphatic heterocycles. The van der Waals surface area contributed by atoms with Gasteiger partial charge in [0.25, 0.3) is 0 Å². The number of thiophene rings is 1. The second-order valence-corrected chi connectivity index (χ2v) is 8.07. The number of benzene rings is 1. The molecule has 0 radical (unpaired) electrons. The summed E-state index contributed by atoms with van der Waals surface area (Å²) >= 11 is 1.72. The Morgan fingerprint density at radius 3 is 2.52 bits per heavy atom. The molecule has 2 heterocycles. The monoisotopic (exact) mass is 325 g/mol. The summed E-state index contributed by atoms with van der Waals surface area (Å²) in [5.74, 6) is -0.0893. The molecule has 112 valence electrons. The lowest BCUT2D eigenvalue weighted by Gasteiger charge is -2.30. The van der Waals surface area contributed by atoms with Crippen LogP contribution in [0.3, 0.4) is 0 Å². The summed E-state index contributed by atoms with van der Waals surface area (Å²) in [4.78, 5) is 1.36. The molecule has 0 spiro atoms. The highest BCUT2D eigenvalue weighted by Crippen LogP contribution is 2.33. The standard InChI is InChI=1S/C15H16FNO2S2/c16-13-3-1-4-14(11-13)21(18,19)17-8-6-12(7-9-17)15-5-2-10-20-15/h1-5,10-12H,6-9H2. The molecule has 1 aliphatic rings. The zero-order chi connectivity index (χ0) is 14.9. The van der Waals surface area contributed by atoms with Gasteiger partial charge < -0.3 is 0 Å². The maximum atomic E-state index is 13.2. The zero-order valence-electron chi connectivity index (χ0n) is 11.4. The summed E-state index contributed by atoms with van der Waals surface area (Å²) in [5.41, 5.74) is 0. The normalized spacial score (nSPS) is 18.0. The first-order valence-electron chi connectivity index (χ1n) is 6.86. The van der Waals surface area contributed by atoms with Crippen molar-refractivity contribution in [3.05, 3.63) is 52.5 Å². The maximum absolute atomic E-state index is 13.2. The van der Waals surface area contributed by atoms with Crippen LogP contribution >= 0.6 is 11.3 Å². The third kappa shape index (κ3) is 3.02. The minimum Gasteiger partial charge on any atom is -0.207 e. The lowest BCUT2D eigenvalue weighted by atomic mass is 9.97. The van der Waals surface area contributed by atoms with Crippen molar-refractivity contribution >= 4 is 21.4 Å². The van der Waals surface area contributed by atoms with Crippen molar-refractivity contribution in [1.29, 1.82) is 0 Å². The molecule has 2 aromatic rings.